The summed E-state index contributed by atoms with van der Waals surface area (Å²) in [5.74, 6) is 0.704. The molecule has 45 heavy (non-hydrogen) atoms. The highest BCUT2D eigenvalue weighted by atomic mass is 79.9. The fourth-order valence-electron chi connectivity index (χ4n) is 5.42. The van der Waals surface area contributed by atoms with Crippen LogP contribution in [0.3, 0.4) is 0 Å². The fraction of sp³-hybridized carbons (Fsp3) is 0.171. The Morgan fingerprint density at radius 2 is 1.82 bits per heavy atom. The molecule has 6 rings (SSSR count). The molecule has 0 saturated heterocycles. The van der Waals surface area contributed by atoms with Gasteiger partial charge in [0.1, 0.15) is 24.1 Å². The van der Waals surface area contributed by atoms with Gasteiger partial charge < -0.3 is 14.2 Å². The van der Waals surface area contributed by atoms with Crippen molar-refractivity contribution in [2.45, 2.75) is 26.5 Å². The number of nitrogens with zero attached hydrogens (tertiary/aromatic N) is 2. The smallest absolute Gasteiger partial charge is 0.338 e. The molecule has 0 saturated carbocycles. The van der Waals surface area contributed by atoms with Crippen LogP contribution in [0.25, 0.3) is 16.8 Å². The zero-order valence-corrected chi connectivity index (χ0v) is 27.8. The van der Waals surface area contributed by atoms with Gasteiger partial charge >= 0.3 is 5.97 Å². The third kappa shape index (κ3) is 6.08. The first-order valence-electron chi connectivity index (χ1n) is 14.2. The van der Waals surface area contributed by atoms with Crippen molar-refractivity contribution in [1.82, 2.24) is 4.57 Å². The van der Waals surface area contributed by atoms with E-state index in [1.54, 1.807) is 25.5 Å². The molecule has 4 aromatic carbocycles. The number of hydrogen-bond donors (Lipinski definition) is 0. The predicted molar refractivity (Wildman–Crippen MR) is 181 cm³/mol. The molecule has 228 valence electrons. The Hall–Kier alpha value is -4.18. The lowest BCUT2D eigenvalue weighted by atomic mass is 9.90. The van der Waals surface area contributed by atoms with E-state index >= 15 is 0 Å². The van der Waals surface area contributed by atoms with Crippen LogP contribution < -0.4 is 24.4 Å². The number of carbonyl (C=O) groups excluding carboxylic acids is 1. The van der Waals surface area contributed by atoms with Crippen molar-refractivity contribution >= 4 is 61.7 Å². The number of aromatic nitrogens is 1. The van der Waals surface area contributed by atoms with Gasteiger partial charge in [-0.3, -0.25) is 9.36 Å². The highest BCUT2D eigenvalue weighted by Crippen LogP contribution is 2.40. The van der Waals surface area contributed by atoms with Gasteiger partial charge in [0.05, 0.1) is 34.0 Å². The van der Waals surface area contributed by atoms with Crippen molar-refractivity contribution in [3.8, 4) is 11.5 Å². The van der Waals surface area contributed by atoms with Crippen LogP contribution in [0.5, 0.6) is 11.5 Å². The normalized spacial score (nSPS) is 14.7. The third-order valence-corrected chi connectivity index (χ3v) is 9.36. The first-order chi connectivity index (χ1) is 21.8. The minimum absolute atomic E-state index is 0.188. The lowest BCUT2D eigenvalue weighted by molar-refractivity contribution is -0.139. The lowest BCUT2D eigenvalue weighted by Crippen LogP contribution is -2.40. The number of halogens is 2. The molecule has 0 bridgehead atoms. The first kappa shape index (κ1) is 30.8. The number of hydrogen-bond acceptors (Lipinski definition) is 7. The second kappa shape index (κ2) is 13.0. The van der Waals surface area contributed by atoms with Crippen molar-refractivity contribution in [3.05, 3.63) is 136 Å². The molecule has 5 aromatic rings. The number of allylic oxidation sites excluding steroid dienone is 1. The zero-order chi connectivity index (χ0) is 31.7. The molecule has 1 aliphatic heterocycles. The number of methoxy groups -OCH3 is 1. The Morgan fingerprint density at radius 3 is 2.56 bits per heavy atom. The zero-order valence-electron chi connectivity index (χ0n) is 24.7. The van der Waals surface area contributed by atoms with Crippen LogP contribution in [0.1, 0.15) is 36.6 Å². The molecule has 1 aromatic heterocycles. The maximum atomic E-state index is 14.2. The first-order valence-corrected chi connectivity index (χ1v) is 16.2. The van der Waals surface area contributed by atoms with E-state index < -0.39 is 12.0 Å². The summed E-state index contributed by atoms with van der Waals surface area (Å²) in [7, 11) is 1.58. The van der Waals surface area contributed by atoms with Crippen molar-refractivity contribution < 1.29 is 19.0 Å². The Kier molecular flexibility index (Phi) is 8.94. The van der Waals surface area contributed by atoms with E-state index in [1.165, 1.54) is 11.3 Å². The van der Waals surface area contributed by atoms with Crippen molar-refractivity contribution in [1.29, 1.82) is 0 Å². The molecule has 10 heteroatoms. The molecule has 0 aliphatic carbocycles. The number of fused-ring (bicyclic) bond motifs is 2. The molecule has 0 unspecified atom stereocenters. The van der Waals surface area contributed by atoms with E-state index in [2.05, 4.69) is 15.9 Å². The molecule has 7 nitrogen and oxygen atoms in total. The number of carbonyl (C=O) groups is 1. The van der Waals surface area contributed by atoms with E-state index in [0.717, 1.165) is 26.4 Å². The van der Waals surface area contributed by atoms with Gasteiger partial charge in [-0.15, -0.1) is 0 Å². The maximum absolute atomic E-state index is 14.2. The van der Waals surface area contributed by atoms with Crippen LogP contribution in [0.15, 0.2) is 104 Å². The molecule has 0 fully saturated rings. The molecule has 2 heterocycles. The molecule has 1 atom stereocenters. The van der Waals surface area contributed by atoms with E-state index in [9.17, 15) is 9.59 Å². The maximum Gasteiger partial charge on any atom is 0.338 e. The summed E-state index contributed by atoms with van der Waals surface area (Å²) in [5, 5.41) is 2.49. The van der Waals surface area contributed by atoms with Gasteiger partial charge in [-0.1, -0.05) is 71.5 Å². The van der Waals surface area contributed by atoms with E-state index in [-0.39, 0.29) is 12.2 Å². The van der Waals surface area contributed by atoms with Crippen LogP contribution >= 0.6 is 38.9 Å². The molecule has 1 aliphatic rings. The Morgan fingerprint density at radius 1 is 1.07 bits per heavy atom. The van der Waals surface area contributed by atoms with Gasteiger partial charge in [-0.2, -0.15) is 0 Å². The van der Waals surface area contributed by atoms with E-state index in [1.807, 2.05) is 84.9 Å². The highest BCUT2D eigenvalue weighted by molar-refractivity contribution is 9.10. The van der Waals surface area contributed by atoms with E-state index in [0.29, 0.717) is 49.3 Å². The summed E-state index contributed by atoms with van der Waals surface area (Å²) >= 11 is 10.9. The number of ether oxygens (including phenoxy) is 3. The van der Waals surface area contributed by atoms with Crippen LogP contribution in [0, 0.1) is 0 Å². The number of thiazole rings is 1. The minimum Gasteiger partial charge on any atom is -0.496 e. The second-order valence-corrected chi connectivity index (χ2v) is 12.6. The summed E-state index contributed by atoms with van der Waals surface area (Å²) in [5.41, 5.74) is 3.01. The molecule has 0 amide bonds. The third-order valence-electron chi connectivity index (χ3n) is 7.50. The fourth-order valence-corrected chi connectivity index (χ4v) is 7.10. The van der Waals surface area contributed by atoms with Gasteiger partial charge in [0.25, 0.3) is 5.56 Å². The number of rotatable bonds is 8. The predicted octanol–water partition coefficient (Wildman–Crippen LogP) is 6.96. The molecule has 0 N–H and O–H groups in total. The topological polar surface area (TPSA) is 79.1 Å². The second-order valence-electron chi connectivity index (χ2n) is 10.3. The molecule has 0 radical (unpaired) electrons. The van der Waals surface area contributed by atoms with Crippen LogP contribution in [-0.4, -0.2) is 24.3 Å². The van der Waals surface area contributed by atoms with Gasteiger partial charge in [0, 0.05) is 10.6 Å². The highest BCUT2D eigenvalue weighted by Gasteiger charge is 2.36. The van der Waals surface area contributed by atoms with Gasteiger partial charge in [-0.05, 0) is 88.1 Å². The Bertz CT molecular complexity index is 2150. The van der Waals surface area contributed by atoms with Crippen molar-refractivity contribution in [2.24, 2.45) is 4.99 Å². The monoisotopic (exact) mass is 702 g/mol. The summed E-state index contributed by atoms with van der Waals surface area (Å²) in [6, 6.07) is 24.0. The SMILES string of the molecule is CCOC(=O)C1=C(C)N=c2s/c(=C\c3ccc(OCc4ccc(Cl)cc4)c(Br)c3)c(=O)n2[C@@H]1c1c(OC)ccc2ccccc12. The number of benzene rings is 4. The van der Waals surface area contributed by atoms with Crippen LogP contribution in [0.2, 0.25) is 5.02 Å². The van der Waals surface area contributed by atoms with Gasteiger partial charge in [-0.25, -0.2) is 9.79 Å². The average Bonchev–Trinajstić information content (AvgIpc) is 3.34. The average molecular weight is 704 g/mol. The van der Waals surface area contributed by atoms with Gasteiger partial charge in [0.2, 0.25) is 0 Å². The lowest BCUT2D eigenvalue weighted by Gasteiger charge is -2.27. The van der Waals surface area contributed by atoms with Gasteiger partial charge in [0.15, 0.2) is 4.80 Å². The quantitative estimate of drug-likeness (QED) is 0.164. The summed E-state index contributed by atoms with van der Waals surface area (Å²) in [4.78, 5) is 32.9. The molecule has 0 spiro atoms. The Balaban J connectivity index is 1.45. The molecular weight excluding hydrogens is 676 g/mol. The van der Waals surface area contributed by atoms with Crippen LogP contribution in [-0.2, 0) is 16.1 Å². The number of esters is 1. The molecular formula is C35H28BrClN2O5S. The largest absolute Gasteiger partial charge is 0.496 e. The Labute approximate surface area is 276 Å². The van der Waals surface area contributed by atoms with Crippen molar-refractivity contribution in [2.75, 3.05) is 13.7 Å². The van der Waals surface area contributed by atoms with E-state index in [4.69, 9.17) is 30.8 Å². The van der Waals surface area contributed by atoms with Crippen LogP contribution in [0.4, 0.5) is 0 Å². The summed E-state index contributed by atoms with van der Waals surface area (Å²) in [6.07, 6.45) is 1.82. The standard InChI is InChI=1S/C35H28BrClN2O5S/c1-4-43-34(41)30-20(2)38-35-39(32(30)31-25-8-6-5-7-23(25)12-16-28(31)42-3)33(40)29(45-35)18-22-11-15-27(26(36)17-22)44-19-21-9-13-24(37)14-10-21/h5-18,32H,4,19H2,1-3H3/b29-18-/t32-/m0/s1. The minimum atomic E-state index is -0.807. The summed E-state index contributed by atoms with van der Waals surface area (Å²) < 4.78 is 20.1. The van der Waals surface area contributed by atoms with Crippen molar-refractivity contribution in [3.63, 3.8) is 0 Å². The summed E-state index contributed by atoms with van der Waals surface area (Å²) in [6.45, 7) is 4.09.